The Labute approximate surface area is 230 Å². The summed E-state index contributed by atoms with van der Waals surface area (Å²) >= 11 is 0. The molecule has 4 N–H and O–H groups in total. The Morgan fingerprint density at radius 2 is 1.79 bits per heavy atom. The minimum atomic E-state index is -1.06. The molecule has 6 aliphatic rings. The molecule has 0 spiro atoms. The highest BCUT2D eigenvalue weighted by Gasteiger charge is 2.70. The fraction of sp³-hybridized carbons (Fsp3) is 0.900. The molecule has 0 aromatic heterocycles. The van der Waals surface area contributed by atoms with E-state index in [2.05, 4.69) is 13.8 Å². The van der Waals surface area contributed by atoms with E-state index in [1.54, 1.807) is 6.92 Å². The predicted molar refractivity (Wildman–Crippen MR) is 139 cm³/mol. The first kappa shape index (κ1) is 28.1. The molecule has 4 aliphatic carbocycles. The summed E-state index contributed by atoms with van der Waals surface area (Å²) in [5.41, 5.74) is -0.601. The van der Waals surface area contributed by atoms with E-state index in [9.17, 15) is 25.2 Å². The first-order valence-corrected chi connectivity index (χ1v) is 14.9. The summed E-state index contributed by atoms with van der Waals surface area (Å²) < 4.78 is 22.7. The van der Waals surface area contributed by atoms with Crippen LogP contribution in [0.5, 0.6) is 0 Å². The van der Waals surface area contributed by atoms with Crippen molar-refractivity contribution in [3.8, 4) is 0 Å². The third kappa shape index (κ3) is 4.09. The normalized spacial score (nSPS) is 55.3. The summed E-state index contributed by atoms with van der Waals surface area (Å²) in [4.78, 5) is 11.8. The number of hydrogen-bond donors (Lipinski definition) is 4. The topological polar surface area (TPSA) is 135 Å². The van der Waals surface area contributed by atoms with Gasteiger partial charge in [-0.15, -0.1) is 0 Å². The largest absolute Gasteiger partial charge is 0.458 e. The molecular formula is C30H46O9. The third-order valence-corrected chi connectivity index (χ3v) is 12.3. The minimum absolute atomic E-state index is 0.0547. The van der Waals surface area contributed by atoms with Gasteiger partial charge in [0.05, 0.1) is 23.9 Å². The first-order chi connectivity index (χ1) is 18.4. The van der Waals surface area contributed by atoms with Crippen molar-refractivity contribution in [1.82, 2.24) is 0 Å². The Balaban J connectivity index is 1.17. The van der Waals surface area contributed by atoms with Gasteiger partial charge >= 0.3 is 5.97 Å². The molecule has 9 nitrogen and oxygen atoms in total. The fourth-order valence-corrected chi connectivity index (χ4v) is 10.2. The molecule has 220 valence electrons. The Morgan fingerprint density at radius 3 is 2.49 bits per heavy atom. The number of esters is 1. The van der Waals surface area contributed by atoms with Gasteiger partial charge in [-0.05, 0) is 80.6 Å². The molecule has 14 atom stereocenters. The number of fused-ring (bicyclic) bond motifs is 5. The van der Waals surface area contributed by atoms with Gasteiger partial charge in [0.2, 0.25) is 0 Å². The number of hydrogen-bond acceptors (Lipinski definition) is 9. The highest BCUT2D eigenvalue weighted by Crippen LogP contribution is 2.70. The number of aliphatic hydroxyl groups excluding tert-OH is 3. The van der Waals surface area contributed by atoms with Crippen LogP contribution in [0.15, 0.2) is 11.6 Å². The number of aliphatic hydroxyl groups is 4. The van der Waals surface area contributed by atoms with Crippen LogP contribution in [0.1, 0.15) is 72.1 Å². The van der Waals surface area contributed by atoms with Crippen LogP contribution in [0, 0.1) is 34.5 Å². The van der Waals surface area contributed by atoms with Crippen molar-refractivity contribution in [2.24, 2.45) is 34.5 Å². The lowest BCUT2D eigenvalue weighted by molar-refractivity contribution is -0.313. The van der Waals surface area contributed by atoms with Crippen molar-refractivity contribution in [2.75, 3.05) is 13.7 Å². The van der Waals surface area contributed by atoms with Crippen molar-refractivity contribution in [3.63, 3.8) is 0 Å². The van der Waals surface area contributed by atoms with Crippen LogP contribution in [-0.4, -0.2) is 88.6 Å². The van der Waals surface area contributed by atoms with Crippen molar-refractivity contribution in [2.45, 2.75) is 121 Å². The van der Waals surface area contributed by atoms with E-state index >= 15 is 0 Å². The maximum atomic E-state index is 12.4. The van der Waals surface area contributed by atoms with E-state index in [1.807, 2.05) is 0 Å². The van der Waals surface area contributed by atoms with Gasteiger partial charge in [-0.2, -0.15) is 0 Å². The van der Waals surface area contributed by atoms with Crippen molar-refractivity contribution >= 4 is 5.97 Å². The summed E-state index contributed by atoms with van der Waals surface area (Å²) in [5, 5.41) is 44.7. The zero-order chi connectivity index (χ0) is 27.9. The Morgan fingerprint density at radius 1 is 1.03 bits per heavy atom. The monoisotopic (exact) mass is 550 g/mol. The fourth-order valence-electron chi connectivity index (χ4n) is 10.2. The van der Waals surface area contributed by atoms with Crippen LogP contribution in [0.25, 0.3) is 0 Å². The van der Waals surface area contributed by atoms with E-state index in [1.165, 1.54) is 13.2 Å². The van der Waals surface area contributed by atoms with Crippen LogP contribution < -0.4 is 0 Å². The molecule has 0 aromatic rings. The molecular weight excluding hydrogens is 504 g/mol. The minimum Gasteiger partial charge on any atom is -0.458 e. The summed E-state index contributed by atoms with van der Waals surface area (Å²) in [7, 11) is 1.48. The van der Waals surface area contributed by atoms with Gasteiger partial charge in [0.1, 0.15) is 24.9 Å². The molecule has 2 heterocycles. The standard InChI is InChI=1S/C30H46O9/c1-15-24(33)26(36-4)25(34)27(38-15)39-18-7-9-28(2)17(12-18)5-6-20-19(28)8-10-29(3)23(16-11-22(32)37-14-16)21(31)13-30(20,29)35/h11,15,17-21,23-27,31,33-35H,5-10,12-14H2,1-4H3/t15-,17-,18+,19+,20-,21+,23+,24+,25-,26+,27?,28+,29-,30-/m1/s1. The number of ether oxygens (including phenoxy) is 4. The lowest BCUT2D eigenvalue weighted by Crippen LogP contribution is -2.62. The Hall–Kier alpha value is -1.07. The number of carbonyl (C=O) groups excluding carboxylic acids is 1. The number of cyclic esters (lactones) is 1. The maximum Gasteiger partial charge on any atom is 0.331 e. The van der Waals surface area contributed by atoms with E-state index in [0.29, 0.717) is 18.3 Å². The summed E-state index contributed by atoms with van der Waals surface area (Å²) in [6.07, 6.45) is 3.40. The van der Waals surface area contributed by atoms with Crippen molar-refractivity contribution in [3.05, 3.63) is 11.6 Å². The third-order valence-electron chi connectivity index (χ3n) is 12.3. The SMILES string of the molecule is CO[C@H]1[C@@H](O)[C@@H](C)OC(O[C@H]2CC[C@@]3(C)[C@H](CC[C@@H]4[C@@H]3CC[C@]3(C)[C@@H](C5=CC(=O)OC5)[C@@H](O)C[C@@]43O)C2)[C@@H]1O. The van der Waals surface area contributed by atoms with Crippen LogP contribution in [0.2, 0.25) is 0 Å². The lowest BCUT2D eigenvalue weighted by atomic mass is 9.43. The molecule has 1 saturated heterocycles. The highest BCUT2D eigenvalue weighted by molar-refractivity contribution is 5.85. The second-order valence-electron chi connectivity index (χ2n) is 13.9. The quantitative estimate of drug-likeness (QED) is 0.307. The first-order valence-electron chi connectivity index (χ1n) is 14.9. The molecule has 0 bridgehead atoms. The molecule has 6 rings (SSSR count). The Kier molecular flexibility index (Phi) is 7.02. The summed E-state index contributed by atoms with van der Waals surface area (Å²) in [5.74, 6) is 0.260. The van der Waals surface area contributed by atoms with Gasteiger partial charge in [0.15, 0.2) is 6.29 Å². The summed E-state index contributed by atoms with van der Waals surface area (Å²) in [6.45, 7) is 6.48. The van der Waals surface area contributed by atoms with Crippen LogP contribution in [0.3, 0.4) is 0 Å². The van der Waals surface area contributed by atoms with Crippen molar-refractivity contribution in [1.29, 1.82) is 0 Å². The van der Waals surface area contributed by atoms with E-state index < -0.39 is 47.8 Å². The lowest BCUT2D eigenvalue weighted by Gasteiger charge is -2.63. The Bertz CT molecular complexity index is 1000. The second-order valence-corrected chi connectivity index (χ2v) is 13.9. The van der Waals surface area contributed by atoms with Gasteiger partial charge in [0, 0.05) is 30.9 Å². The molecule has 0 radical (unpaired) electrons. The second kappa shape index (κ2) is 9.75. The molecule has 0 aromatic carbocycles. The molecule has 39 heavy (non-hydrogen) atoms. The highest BCUT2D eigenvalue weighted by atomic mass is 16.7. The van der Waals surface area contributed by atoms with Gasteiger partial charge in [-0.25, -0.2) is 4.79 Å². The van der Waals surface area contributed by atoms with E-state index in [0.717, 1.165) is 50.5 Å². The average molecular weight is 551 g/mol. The number of rotatable bonds is 4. The van der Waals surface area contributed by atoms with Gasteiger partial charge in [0.25, 0.3) is 0 Å². The predicted octanol–water partition coefficient (Wildman–Crippen LogP) is 2.08. The smallest absolute Gasteiger partial charge is 0.331 e. The summed E-state index contributed by atoms with van der Waals surface area (Å²) in [6, 6.07) is 0. The molecule has 4 saturated carbocycles. The van der Waals surface area contributed by atoms with Crippen LogP contribution in [0.4, 0.5) is 0 Å². The van der Waals surface area contributed by atoms with Crippen LogP contribution in [-0.2, 0) is 23.7 Å². The van der Waals surface area contributed by atoms with E-state index in [-0.39, 0.29) is 35.9 Å². The number of carbonyl (C=O) groups is 1. The molecule has 1 unspecified atom stereocenters. The number of methoxy groups -OCH3 is 1. The molecule has 0 amide bonds. The maximum absolute atomic E-state index is 12.4. The van der Waals surface area contributed by atoms with Crippen LogP contribution >= 0.6 is 0 Å². The average Bonchev–Trinajstić information content (AvgIpc) is 3.39. The molecule has 5 fully saturated rings. The zero-order valence-electron chi connectivity index (χ0n) is 23.6. The van der Waals surface area contributed by atoms with Gasteiger partial charge in [-0.1, -0.05) is 13.8 Å². The van der Waals surface area contributed by atoms with Crippen molar-refractivity contribution < 1.29 is 44.2 Å². The van der Waals surface area contributed by atoms with E-state index in [4.69, 9.17) is 18.9 Å². The molecule has 9 heteroatoms. The molecule has 2 aliphatic heterocycles. The van der Waals surface area contributed by atoms with Gasteiger partial charge in [-0.3, -0.25) is 0 Å². The zero-order valence-corrected chi connectivity index (χ0v) is 23.6. The van der Waals surface area contributed by atoms with Gasteiger partial charge < -0.3 is 39.4 Å².